The third kappa shape index (κ3) is 5.09. The lowest BCUT2D eigenvalue weighted by molar-refractivity contribution is 0.289. The average Bonchev–Trinajstić information content (AvgIpc) is 2.38. The normalized spacial score (nSPS) is 14.1. The van der Waals surface area contributed by atoms with Gasteiger partial charge in [-0.1, -0.05) is 39.8 Å². The van der Waals surface area contributed by atoms with E-state index in [1.807, 2.05) is 13.0 Å². The van der Waals surface area contributed by atoms with Crippen LogP contribution in [0.15, 0.2) is 29.2 Å². The topological polar surface area (TPSA) is 72.2 Å². The Balaban J connectivity index is 2.89. The van der Waals surface area contributed by atoms with Gasteiger partial charge in [-0.25, -0.2) is 13.1 Å². The number of benzene rings is 1. The molecule has 0 radical (unpaired) electrons. The van der Waals surface area contributed by atoms with E-state index in [-0.39, 0.29) is 10.9 Å². The van der Waals surface area contributed by atoms with Crippen LogP contribution in [0.2, 0.25) is 0 Å². The molecule has 1 rings (SSSR count). The molecule has 0 fully saturated rings. The lowest BCUT2D eigenvalue weighted by atomic mass is 9.86. The molecule has 0 aliphatic heterocycles. The molecule has 1 unspecified atom stereocenters. The predicted molar refractivity (Wildman–Crippen MR) is 87.4 cm³/mol. The quantitative estimate of drug-likeness (QED) is 0.813. The summed E-state index contributed by atoms with van der Waals surface area (Å²) < 4.78 is 27.5. The fourth-order valence-corrected chi connectivity index (χ4v) is 3.62. The van der Waals surface area contributed by atoms with Gasteiger partial charge in [0.1, 0.15) is 0 Å². The monoisotopic (exact) mass is 312 g/mol. The van der Waals surface area contributed by atoms with Gasteiger partial charge in [-0.2, -0.15) is 0 Å². The lowest BCUT2D eigenvalue weighted by Gasteiger charge is -2.25. The van der Waals surface area contributed by atoms with Gasteiger partial charge in [0, 0.05) is 12.6 Å². The second-order valence-corrected chi connectivity index (χ2v) is 8.13. The van der Waals surface area contributed by atoms with E-state index in [0.29, 0.717) is 24.3 Å². The van der Waals surface area contributed by atoms with Crippen LogP contribution in [0.1, 0.15) is 46.2 Å². The second kappa shape index (κ2) is 7.38. The zero-order valence-electron chi connectivity index (χ0n) is 13.6. The minimum absolute atomic E-state index is 0.181. The first-order valence-corrected chi connectivity index (χ1v) is 8.98. The fraction of sp³-hybridized carbons (Fsp3) is 0.625. The number of nitrogens with one attached hydrogen (secondary N) is 1. The van der Waals surface area contributed by atoms with Crippen LogP contribution < -0.4 is 10.5 Å². The Morgan fingerprint density at radius 3 is 2.14 bits per heavy atom. The maximum Gasteiger partial charge on any atom is 0.240 e. The van der Waals surface area contributed by atoms with Gasteiger partial charge in [0.2, 0.25) is 10.0 Å². The Labute approximate surface area is 129 Å². The van der Waals surface area contributed by atoms with E-state index in [4.69, 9.17) is 5.73 Å². The molecule has 0 aliphatic carbocycles. The van der Waals surface area contributed by atoms with Crippen LogP contribution in [-0.4, -0.2) is 15.0 Å². The third-order valence-corrected chi connectivity index (χ3v) is 5.34. The molecule has 0 aliphatic rings. The van der Waals surface area contributed by atoms with Crippen LogP contribution in [-0.2, 0) is 10.0 Å². The van der Waals surface area contributed by atoms with Crippen LogP contribution in [0.3, 0.4) is 0 Å². The highest BCUT2D eigenvalue weighted by atomic mass is 32.2. The zero-order valence-corrected chi connectivity index (χ0v) is 14.4. The molecule has 120 valence electrons. The van der Waals surface area contributed by atoms with Crippen molar-refractivity contribution in [2.45, 2.75) is 45.6 Å². The summed E-state index contributed by atoms with van der Waals surface area (Å²) in [7, 11) is -3.48. The van der Waals surface area contributed by atoms with E-state index in [1.54, 1.807) is 18.2 Å². The second-order valence-electron chi connectivity index (χ2n) is 6.36. The van der Waals surface area contributed by atoms with E-state index in [0.717, 1.165) is 5.56 Å². The Morgan fingerprint density at radius 2 is 1.67 bits per heavy atom. The predicted octanol–water partition coefficient (Wildman–Crippen LogP) is 2.91. The van der Waals surface area contributed by atoms with Gasteiger partial charge in [-0.15, -0.1) is 0 Å². The maximum absolute atomic E-state index is 12.4. The summed E-state index contributed by atoms with van der Waals surface area (Å²) in [5.41, 5.74) is 6.63. The van der Waals surface area contributed by atoms with Crippen LogP contribution in [0.25, 0.3) is 0 Å². The molecule has 3 N–H and O–H groups in total. The van der Waals surface area contributed by atoms with Crippen LogP contribution in [0, 0.1) is 17.8 Å². The van der Waals surface area contributed by atoms with Crippen LogP contribution >= 0.6 is 0 Å². The van der Waals surface area contributed by atoms with Crippen molar-refractivity contribution in [1.29, 1.82) is 0 Å². The van der Waals surface area contributed by atoms with Crippen molar-refractivity contribution in [3.8, 4) is 0 Å². The number of hydrogen-bond acceptors (Lipinski definition) is 3. The summed E-state index contributed by atoms with van der Waals surface area (Å²) in [5.74, 6) is 1.18. The van der Waals surface area contributed by atoms with Crippen molar-refractivity contribution < 1.29 is 8.42 Å². The highest BCUT2D eigenvalue weighted by Crippen LogP contribution is 2.21. The van der Waals surface area contributed by atoms with E-state index >= 15 is 0 Å². The Hall–Kier alpha value is -0.910. The molecular formula is C16H28N2O2S. The smallest absolute Gasteiger partial charge is 0.240 e. The van der Waals surface area contributed by atoms with Crippen molar-refractivity contribution in [2.24, 2.45) is 23.5 Å². The fourth-order valence-electron chi connectivity index (χ4n) is 2.50. The molecule has 0 aromatic heterocycles. The van der Waals surface area contributed by atoms with Gasteiger partial charge in [-0.05, 0) is 42.4 Å². The Bertz CT molecular complexity index is 543. The lowest BCUT2D eigenvalue weighted by Crippen LogP contribution is -2.34. The molecule has 0 bridgehead atoms. The third-order valence-electron chi connectivity index (χ3n) is 3.92. The molecular weight excluding hydrogens is 284 g/mol. The summed E-state index contributed by atoms with van der Waals surface area (Å²) >= 11 is 0. The van der Waals surface area contributed by atoms with Gasteiger partial charge in [0.25, 0.3) is 0 Å². The molecule has 0 saturated carbocycles. The van der Waals surface area contributed by atoms with E-state index in [2.05, 4.69) is 32.4 Å². The van der Waals surface area contributed by atoms with Gasteiger partial charge < -0.3 is 5.73 Å². The number of hydrogen-bond donors (Lipinski definition) is 2. The van der Waals surface area contributed by atoms with Crippen molar-refractivity contribution in [3.05, 3.63) is 29.8 Å². The van der Waals surface area contributed by atoms with E-state index in [1.165, 1.54) is 0 Å². The first-order valence-electron chi connectivity index (χ1n) is 7.50. The molecule has 4 nitrogen and oxygen atoms in total. The summed E-state index contributed by atoms with van der Waals surface area (Å²) in [5, 5.41) is 0. The van der Waals surface area contributed by atoms with Crippen molar-refractivity contribution in [2.75, 3.05) is 6.54 Å². The molecule has 1 aromatic rings. The van der Waals surface area contributed by atoms with Crippen molar-refractivity contribution in [1.82, 2.24) is 4.72 Å². The van der Waals surface area contributed by atoms with Gasteiger partial charge in [0.15, 0.2) is 0 Å². The van der Waals surface area contributed by atoms with Gasteiger partial charge >= 0.3 is 0 Å². The first kappa shape index (κ1) is 18.1. The molecule has 21 heavy (non-hydrogen) atoms. The largest absolute Gasteiger partial charge is 0.324 e. The van der Waals surface area contributed by atoms with Crippen LogP contribution in [0.4, 0.5) is 0 Å². The zero-order chi connectivity index (χ0) is 16.2. The van der Waals surface area contributed by atoms with Crippen LogP contribution in [0.5, 0.6) is 0 Å². The van der Waals surface area contributed by atoms with Crippen molar-refractivity contribution >= 4 is 10.0 Å². The highest BCUT2D eigenvalue weighted by Gasteiger charge is 2.21. The average molecular weight is 312 g/mol. The molecule has 0 spiro atoms. The molecule has 0 saturated heterocycles. The Kier molecular flexibility index (Phi) is 6.38. The summed E-state index contributed by atoms with van der Waals surface area (Å²) in [4.78, 5) is 0.281. The summed E-state index contributed by atoms with van der Waals surface area (Å²) in [6, 6.07) is 6.64. The summed E-state index contributed by atoms with van der Waals surface area (Å²) in [6.07, 6.45) is 0. The standard InChI is InChI=1S/C16H28N2O2S/c1-11(2)16(12(3)4)10-18-21(19,20)15-8-6-7-14(9-15)13(5)17/h6-9,11-13,16,18H,10,17H2,1-5H3. The highest BCUT2D eigenvalue weighted by molar-refractivity contribution is 7.89. The van der Waals surface area contributed by atoms with Gasteiger partial charge in [-0.3, -0.25) is 0 Å². The number of rotatable bonds is 7. The Morgan fingerprint density at radius 1 is 1.10 bits per heavy atom. The maximum atomic E-state index is 12.4. The first-order chi connectivity index (χ1) is 9.65. The number of nitrogens with two attached hydrogens (primary N) is 1. The molecule has 1 aromatic carbocycles. The minimum atomic E-state index is -3.48. The summed E-state index contributed by atoms with van der Waals surface area (Å²) in [6.45, 7) is 10.8. The molecule has 5 heteroatoms. The minimum Gasteiger partial charge on any atom is -0.324 e. The van der Waals surface area contributed by atoms with E-state index in [9.17, 15) is 8.42 Å². The van der Waals surface area contributed by atoms with Crippen molar-refractivity contribution in [3.63, 3.8) is 0 Å². The SMILES string of the molecule is CC(N)c1cccc(S(=O)(=O)NCC(C(C)C)C(C)C)c1. The van der Waals surface area contributed by atoms with E-state index < -0.39 is 10.0 Å². The molecule has 0 heterocycles. The molecule has 0 amide bonds. The van der Waals surface area contributed by atoms with Gasteiger partial charge in [0.05, 0.1) is 4.90 Å². The molecule has 1 atom stereocenters. The number of sulfonamides is 1.